The third-order valence-corrected chi connectivity index (χ3v) is 11.6. The Bertz CT molecular complexity index is 1440. The van der Waals surface area contributed by atoms with Crippen LogP contribution in [0.15, 0.2) is 47.3 Å². The molecule has 226 valence electrons. The summed E-state index contributed by atoms with van der Waals surface area (Å²) in [5, 5.41) is 40.1. The van der Waals surface area contributed by atoms with Crippen LogP contribution in [0.5, 0.6) is 0 Å². The molecule has 8 atom stereocenters. The molecule has 0 aliphatic heterocycles. The molecule has 4 aliphatic rings. The van der Waals surface area contributed by atoms with Gasteiger partial charge in [-0.05, 0) is 92.7 Å². The number of aliphatic hydroxyl groups excluding tert-OH is 1. The van der Waals surface area contributed by atoms with Crippen molar-refractivity contribution in [2.45, 2.75) is 89.9 Å². The number of H-pyrrole nitrogens is 1. The highest BCUT2D eigenvalue weighted by molar-refractivity contribution is 5.96. The highest BCUT2D eigenvalue weighted by Crippen LogP contribution is 2.67. The molecule has 0 unspecified atom stereocenters. The smallest absolute Gasteiger partial charge is 0.326 e. The van der Waals surface area contributed by atoms with E-state index in [1.54, 1.807) is 6.20 Å². The summed E-state index contributed by atoms with van der Waals surface area (Å²) in [6.07, 6.45) is 9.42. The molecule has 3 saturated carbocycles. The van der Waals surface area contributed by atoms with Crippen molar-refractivity contribution in [3.05, 3.63) is 47.7 Å². The van der Waals surface area contributed by atoms with Gasteiger partial charge in [0.2, 0.25) is 0 Å². The summed E-state index contributed by atoms with van der Waals surface area (Å²) in [6, 6.07) is 6.55. The number of fused-ring (bicyclic) bond motifs is 6. The van der Waals surface area contributed by atoms with Gasteiger partial charge < -0.3 is 30.5 Å². The fourth-order valence-corrected chi connectivity index (χ4v) is 9.12. The summed E-state index contributed by atoms with van der Waals surface area (Å²) >= 11 is 0. The molecule has 1 aromatic carbocycles. The average molecular weight is 578 g/mol. The van der Waals surface area contributed by atoms with Crippen molar-refractivity contribution in [1.82, 2.24) is 10.3 Å². The van der Waals surface area contributed by atoms with Gasteiger partial charge >= 0.3 is 5.97 Å². The maximum Gasteiger partial charge on any atom is 0.326 e. The predicted molar refractivity (Wildman–Crippen MR) is 159 cm³/mol. The summed E-state index contributed by atoms with van der Waals surface area (Å²) < 4.78 is 0. The molecule has 0 bridgehead atoms. The van der Waals surface area contributed by atoms with Crippen LogP contribution in [0, 0.1) is 28.6 Å². The first kappa shape index (κ1) is 28.9. The molecule has 4 aliphatic carbocycles. The summed E-state index contributed by atoms with van der Waals surface area (Å²) in [6.45, 7) is 6.04. The van der Waals surface area contributed by atoms with Gasteiger partial charge in [-0.2, -0.15) is 0 Å². The Morgan fingerprint density at radius 3 is 2.74 bits per heavy atom. The molecule has 9 nitrogen and oxygen atoms in total. The van der Waals surface area contributed by atoms with Gasteiger partial charge in [-0.15, -0.1) is 0 Å². The number of oxime groups is 1. The zero-order valence-corrected chi connectivity index (χ0v) is 24.7. The summed E-state index contributed by atoms with van der Waals surface area (Å²) in [5.41, 5.74) is 2.65. The van der Waals surface area contributed by atoms with E-state index < -0.39 is 29.6 Å². The Balaban J connectivity index is 1.09. The number of aromatic nitrogens is 1. The van der Waals surface area contributed by atoms with Gasteiger partial charge in [0.05, 0.1) is 17.4 Å². The Kier molecular flexibility index (Phi) is 7.25. The van der Waals surface area contributed by atoms with E-state index in [0.29, 0.717) is 24.7 Å². The molecular weight excluding hydrogens is 534 g/mol. The number of para-hydroxylation sites is 1. The van der Waals surface area contributed by atoms with Crippen LogP contribution in [0.1, 0.15) is 71.3 Å². The van der Waals surface area contributed by atoms with Crippen molar-refractivity contribution in [3.63, 3.8) is 0 Å². The van der Waals surface area contributed by atoms with Gasteiger partial charge in [0.25, 0.3) is 5.91 Å². The normalized spacial score (nSPS) is 37.4. The number of rotatable bonds is 7. The lowest BCUT2D eigenvalue weighted by atomic mass is 9.45. The summed E-state index contributed by atoms with van der Waals surface area (Å²) in [5.74, 6) is -0.691. The number of nitrogens with one attached hydrogen (secondary N) is 2. The highest BCUT2D eigenvalue weighted by atomic mass is 16.6. The number of allylic oxidation sites excluding steroid dienone is 2. The number of carbonyl (C=O) groups excluding carboxylic acids is 1. The van der Waals surface area contributed by atoms with Crippen LogP contribution in [0.4, 0.5) is 0 Å². The Hall–Kier alpha value is -3.17. The Morgan fingerprint density at radius 1 is 1.17 bits per heavy atom. The lowest BCUT2D eigenvalue weighted by molar-refractivity contribution is -0.164. The van der Waals surface area contributed by atoms with Crippen molar-refractivity contribution >= 4 is 28.5 Å². The number of aromatic amines is 1. The molecule has 1 aromatic heterocycles. The van der Waals surface area contributed by atoms with Crippen LogP contribution in [-0.4, -0.2) is 62.2 Å². The monoisotopic (exact) mass is 577 g/mol. The van der Waals surface area contributed by atoms with E-state index in [-0.39, 0.29) is 29.8 Å². The molecule has 3 fully saturated rings. The summed E-state index contributed by atoms with van der Waals surface area (Å²) in [7, 11) is 0. The lowest BCUT2D eigenvalue weighted by Gasteiger charge is -2.60. The first-order chi connectivity index (χ1) is 19.9. The zero-order valence-electron chi connectivity index (χ0n) is 24.7. The minimum absolute atomic E-state index is 0.133. The first-order valence-corrected chi connectivity index (χ1v) is 15.3. The topological polar surface area (TPSA) is 144 Å². The molecule has 0 spiro atoms. The number of benzene rings is 1. The van der Waals surface area contributed by atoms with Crippen molar-refractivity contribution in [2.24, 2.45) is 33.7 Å². The van der Waals surface area contributed by atoms with Crippen molar-refractivity contribution in [3.8, 4) is 0 Å². The maximum absolute atomic E-state index is 12.6. The number of hydrogen-bond donors (Lipinski definition) is 5. The van der Waals surface area contributed by atoms with E-state index >= 15 is 0 Å². The first-order valence-electron chi connectivity index (χ1n) is 15.3. The summed E-state index contributed by atoms with van der Waals surface area (Å²) in [4.78, 5) is 33.0. The molecule has 1 heterocycles. The minimum atomic E-state index is -1.11. The molecule has 0 saturated heterocycles. The Morgan fingerprint density at radius 2 is 1.95 bits per heavy atom. The molecule has 5 N–H and O–H groups in total. The number of aliphatic carboxylic acids is 1. The molecule has 6 rings (SSSR count). The second-order valence-corrected chi connectivity index (χ2v) is 13.8. The van der Waals surface area contributed by atoms with Crippen molar-refractivity contribution < 1.29 is 29.7 Å². The van der Waals surface area contributed by atoms with Crippen molar-refractivity contribution in [2.75, 3.05) is 6.61 Å². The van der Waals surface area contributed by atoms with E-state index in [2.05, 4.69) is 35.4 Å². The number of hydrogen-bond acceptors (Lipinski definition) is 6. The van der Waals surface area contributed by atoms with Crippen LogP contribution in [-0.2, 0) is 20.8 Å². The molecule has 2 aromatic rings. The van der Waals surface area contributed by atoms with Gasteiger partial charge in [0.15, 0.2) is 6.61 Å². The molecular formula is C33H43N3O6. The highest BCUT2D eigenvalue weighted by Gasteiger charge is 2.64. The lowest BCUT2D eigenvalue weighted by Crippen LogP contribution is -2.59. The SMILES string of the molecule is C[C@]12CC/C(=N/OCC(=O)N[C@H](Cc3c[nH]c4ccccc34)C(=O)O)C=C1CC[C@@H]1[C@@H]2[C@H](O)C[C@@]2(C)[C@H]1CC[C@]2(C)O. The van der Waals surface area contributed by atoms with E-state index in [1.807, 2.05) is 31.2 Å². The zero-order chi connectivity index (χ0) is 29.9. The number of carboxylic acids is 1. The van der Waals surface area contributed by atoms with Gasteiger partial charge in [0, 0.05) is 28.9 Å². The second-order valence-electron chi connectivity index (χ2n) is 13.8. The number of aliphatic hydroxyl groups is 2. The molecule has 9 heteroatoms. The standard InChI is InChI=1S/C33H43N3O6/c1-31-12-10-21(15-20(31)8-9-23-24-11-13-33(3,41)32(24,2)16-27(37)29(23)31)36-42-18-28(38)35-26(30(39)40)14-19-17-34-25-7-5-4-6-22(19)25/h4-7,15,17,23-24,26-27,29,34,37,41H,8-14,16,18H2,1-3H3,(H,35,38)(H,39,40)/b36-21-/t23-,24-,26+,27+,29+,31-,32-,33-/m0/s1. The van der Waals surface area contributed by atoms with E-state index in [4.69, 9.17) is 4.84 Å². The van der Waals surface area contributed by atoms with Gasteiger partial charge in [-0.3, -0.25) is 4.79 Å². The third kappa shape index (κ3) is 4.74. The largest absolute Gasteiger partial charge is 0.480 e. The average Bonchev–Trinajstić information content (AvgIpc) is 3.45. The van der Waals surface area contributed by atoms with Crippen LogP contribution >= 0.6 is 0 Å². The van der Waals surface area contributed by atoms with Crippen LogP contribution in [0.3, 0.4) is 0 Å². The van der Waals surface area contributed by atoms with Gasteiger partial charge in [0.1, 0.15) is 6.04 Å². The third-order valence-electron chi connectivity index (χ3n) is 11.6. The fraction of sp³-hybridized carbons (Fsp3) is 0.606. The van der Waals surface area contributed by atoms with Crippen LogP contribution < -0.4 is 5.32 Å². The van der Waals surface area contributed by atoms with E-state index in [0.717, 1.165) is 54.3 Å². The maximum atomic E-state index is 12.6. The van der Waals surface area contributed by atoms with Crippen molar-refractivity contribution in [1.29, 1.82) is 0 Å². The number of amides is 1. The van der Waals surface area contributed by atoms with Gasteiger partial charge in [-0.25, -0.2) is 4.79 Å². The molecule has 1 amide bonds. The van der Waals surface area contributed by atoms with E-state index in [1.165, 1.54) is 5.57 Å². The van der Waals surface area contributed by atoms with E-state index in [9.17, 15) is 24.9 Å². The minimum Gasteiger partial charge on any atom is -0.480 e. The fourth-order valence-electron chi connectivity index (χ4n) is 9.12. The predicted octanol–water partition coefficient (Wildman–Crippen LogP) is 4.34. The second kappa shape index (κ2) is 10.5. The number of nitrogens with zero attached hydrogens (tertiary/aromatic N) is 1. The molecule has 42 heavy (non-hydrogen) atoms. The van der Waals surface area contributed by atoms with Crippen LogP contribution in [0.2, 0.25) is 0 Å². The quantitative estimate of drug-likeness (QED) is 0.310. The van der Waals surface area contributed by atoms with Crippen LogP contribution in [0.25, 0.3) is 10.9 Å². The number of carbonyl (C=O) groups is 2. The van der Waals surface area contributed by atoms with Gasteiger partial charge in [-0.1, -0.05) is 42.8 Å². The number of carboxylic acid groups (broad SMARTS) is 1. The Labute approximate surface area is 246 Å². The molecule has 0 radical (unpaired) electrons.